The molecule has 5 aromatic rings. The first-order valence-electron chi connectivity index (χ1n) is 11.4. The van der Waals surface area contributed by atoms with Gasteiger partial charge in [-0.15, -0.1) is 0 Å². The lowest BCUT2D eigenvalue weighted by Gasteiger charge is -2.17. The van der Waals surface area contributed by atoms with Crippen molar-refractivity contribution in [2.24, 2.45) is 0 Å². The van der Waals surface area contributed by atoms with Crippen molar-refractivity contribution in [3.8, 4) is 6.07 Å². The van der Waals surface area contributed by atoms with E-state index < -0.39 is 36.0 Å². The number of carboxylic acids is 1. The molecule has 0 aliphatic heterocycles. The number of carbonyl (C=O) groups is 1. The van der Waals surface area contributed by atoms with Crippen molar-refractivity contribution >= 4 is 28.0 Å². The van der Waals surface area contributed by atoms with Crippen LogP contribution in [0.3, 0.4) is 0 Å². The van der Waals surface area contributed by atoms with Crippen LogP contribution in [0.2, 0.25) is 0 Å². The predicted octanol–water partition coefficient (Wildman–Crippen LogP) is 4.67. The Hall–Kier alpha value is -4.71. The number of imidazole rings is 1. The van der Waals surface area contributed by atoms with E-state index in [0.29, 0.717) is 11.1 Å². The Balaban J connectivity index is 1.80. The molecule has 36 heavy (non-hydrogen) atoms. The summed E-state index contributed by atoms with van der Waals surface area (Å²) >= 11 is 0. The molecule has 2 atom stereocenters. The molecule has 0 saturated heterocycles. The van der Waals surface area contributed by atoms with Crippen LogP contribution in [0.1, 0.15) is 47.8 Å². The van der Waals surface area contributed by atoms with Crippen LogP contribution in [0.4, 0.5) is 4.39 Å². The van der Waals surface area contributed by atoms with E-state index in [-0.39, 0.29) is 11.3 Å². The van der Waals surface area contributed by atoms with Crippen molar-refractivity contribution in [3.63, 3.8) is 0 Å². The summed E-state index contributed by atoms with van der Waals surface area (Å²) in [6, 6.07) is 15.0. The summed E-state index contributed by atoms with van der Waals surface area (Å²) in [7, 11) is 0. The van der Waals surface area contributed by atoms with Crippen LogP contribution in [0, 0.1) is 24.1 Å². The van der Waals surface area contributed by atoms with Crippen LogP contribution in [0.25, 0.3) is 22.1 Å². The zero-order chi connectivity index (χ0) is 25.6. The zero-order valence-corrected chi connectivity index (χ0v) is 19.6. The summed E-state index contributed by atoms with van der Waals surface area (Å²) in [5.74, 6) is -1.61. The number of carboxylic acid groups (broad SMARTS) is 1. The number of aromatic amines is 1. The van der Waals surface area contributed by atoms with Gasteiger partial charge in [0.25, 0.3) is 0 Å². The fourth-order valence-corrected chi connectivity index (χ4v) is 4.91. The molecule has 9 heteroatoms. The molecule has 0 radical (unpaired) electrons. The van der Waals surface area contributed by atoms with E-state index in [1.807, 2.05) is 44.3 Å². The second-order valence-corrected chi connectivity index (χ2v) is 8.76. The number of aromatic nitrogens is 4. The first-order valence-corrected chi connectivity index (χ1v) is 11.4. The summed E-state index contributed by atoms with van der Waals surface area (Å²) < 4.78 is 16.5. The van der Waals surface area contributed by atoms with E-state index in [4.69, 9.17) is 0 Å². The van der Waals surface area contributed by atoms with Crippen LogP contribution in [0.5, 0.6) is 0 Å². The third kappa shape index (κ3) is 3.73. The lowest BCUT2D eigenvalue weighted by Crippen LogP contribution is -2.31. The second-order valence-electron chi connectivity index (χ2n) is 8.76. The van der Waals surface area contributed by atoms with E-state index in [0.717, 1.165) is 22.0 Å². The van der Waals surface area contributed by atoms with E-state index in [1.54, 1.807) is 10.6 Å². The molecule has 2 N–H and O–H groups in total. The molecule has 0 spiro atoms. The van der Waals surface area contributed by atoms with Gasteiger partial charge in [0.2, 0.25) is 0 Å². The summed E-state index contributed by atoms with van der Waals surface area (Å²) in [6.45, 7) is 3.89. The van der Waals surface area contributed by atoms with Crippen molar-refractivity contribution in [1.82, 2.24) is 19.1 Å². The Morgan fingerprint density at radius 1 is 1.17 bits per heavy atom. The highest BCUT2D eigenvalue weighted by Crippen LogP contribution is 2.32. The number of nitriles is 1. The summed E-state index contributed by atoms with van der Waals surface area (Å²) in [5, 5.41) is 20.1. The molecule has 0 aliphatic carbocycles. The van der Waals surface area contributed by atoms with E-state index >= 15 is 0 Å². The largest absolute Gasteiger partial charge is 0.481 e. The third-order valence-electron chi connectivity index (χ3n) is 6.59. The second kappa shape index (κ2) is 8.82. The summed E-state index contributed by atoms with van der Waals surface area (Å²) in [6.07, 6.45) is 1.44. The fraction of sp³-hybridized carbons (Fsp3) is 0.185. The molecule has 0 aliphatic rings. The number of aryl methyl sites for hydroxylation is 1. The number of fused-ring (bicyclic) bond motifs is 2. The average Bonchev–Trinajstić information content (AvgIpc) is 3.42. The standard InChI is InChI=1S/C27H22FN5O3/c1-15-4-3-5-21-25(15)20(14-30-21)16(2)32-22-11-10-19(13-29)31-26(22)33(27(32)36)23(12-24(34)35)17-6-8-18(28)9-7-17/h3-11,14,16,23,30H,12H2,1-2H3,(H,34,35). The number of nitrogens with one attached hydrogen (secondary N) is 1. The normalized spacial score (nSPS) is 13.1. The highest BCUT2D eigenvalue weighted by atomic mass is 19.1. The van der Waals surface area contributed by atoms with Crippen LogP contribution in [0.15, 0.2) is 65.6 Å². The molecule has 2 unspecified atom stereocenters. The van der Waals surface area contributed by atoms with Gasteiger partial charge < -0.3 is 10.1 Å². The molecule has 0 fully saturated rings. The minimum absolute atomic E-state index is 0.0946. The van der Waals surface area contributed by atoms with Crippen LogP contribution in [-0.2, 0) is 4.79 Å². The Labute approximate surface area is 204 Å². The molecule has 5 rings (SSSR count). The molecule has 180 valence electrons. The fourth-order valence-electron chi connectivity index (χ4n) is 4.91. The predicted molar refractivity (Wildman–Crippen MR) is 132 cm³/mol. The van der Waals surface area contributed by atoms with Crippen molar-refractivity contribution < 1.29 is 14.3 Å². The topological polar surface area (TPSA) is 117 Å². The van der Waals surface area contributed by atoms with Gasteiger partial charge >= 0.3 is 11.7 Å². The average molecular weight is 484 g/mol. The number of hydrogen-bond acceptors (Lipinski definition) is 4. The lowest BCUT2D eigenvalue weighted by atomic mass is 10.0. The number of benzene rings is 2. The van der Waals surface area contributed by atoms with Crippen molar-refractivity contribution in [1.29, 1.82) is 5.26 Å². The van der Waals surface area contributed by atoms with Crippen molar-refractivity contribution in [3.05, 3.63) is 99.5 Å². The van der Waals surface area contributed by atoms with Gasteiger partial charge in [-0.1, -0.05) is 24.3 Å². The number of pyridine rings is 1. The van der Waals surface area contributed by atoms with Gasteiger partial charge in [0.05, 0.1) is 24.0 Å². The first-order chi connectivity index (χ1) is 17.3. The molecule has 8 nitrogen and oxygen atoms in total. The quantitative estimate of drug-likeness (QED) is 0.364. The van der Waals surface area contributed by atoms with Crippen LogP contribution in [-0.4, -0.2) is 30.2 Å². The van der Waals surface area contributed by atoms with E-state index in [9.17, 15) is 24.3 Å². The molecule has 3 heterocycles. The molecular formula is C27H22FN5O3. The number of H-pyrrole nitrogens is 1. The van der Waals surface area contributed by atoms with Gasteiger partial charge in [-0.05, 0) is 55.3 Å². The third-order valence-corrected chi connectivity index (χ3v) is 6.59. The highest BCUT2D eigenvalue weighted by Gasteiger charge is 2.28. The monoisotopic (exact) mass is 483 g/mol. The number of rotatable bonds is 6. The highest BCUT2D eigenvalue weighted by molar-refractivity contribution is 5.87. The lowest BCUT2D eigenvalue weighted by molar-refractivity contribution is -0.137. The molecular weight excluding hydrogens is 461 g/mol. The number of halogens is 1. The first kappa shape index (κ1) is 23.1. The Morgan fingerprint density at radius 2 is 1.92 bits per heavy atom. The van der Waals surface area contributed by atoms with Gasteiger partial charge in [0.15, 0.2) is 5.65 Å². The van der Waals surface area contributed by atoms with Gasteiger partial charge in [-0.3, -0.25) is 13.9 Å². The molecule has 0 bridgehead atoms. The van der Waals surface area contributed by atoms with Gasteiger partial charge in [0, 0.05) is 22.7 Å². The van der Waals surface area contributed by atoms with Crippen molar-refractivity contribution in [2.75, 3.05) is 0 Å². The molecule has 2 aromatic carbocycles. The Morgan fingerprint density at radius 3 is 2.61 bits per heavy atom. The minimum atomic E-state index is -1.13. The number of aliphatic carboxylic acids is 1. The zero-order valence-electron chi connectivity index (χ0n) is 19.6. The maximum Gasteiger partial charge on any atom is 0.331 e. The summed E-state index contributed by atoms with van der Waals surface area (Å²) in [5.41, 5.74) is 3.60. The molecule has 3 aromatic heterocycles. The maximum absolute atomic E-state index is 14.0. The maximum atomic E-state index is 14.0. The van der Waals surface area contributed by atoms with E-state index in [1.165, 1.54) is 34.9 Å². The number of nitrogens with zero attached hydrogens (tertiary/aromatic N) is 4. The van der Waals surface area contributed by atoms with Gasteiger partial charge in [-0.25, -0.2) is 14.2 Å². The Kier molecular flexibility index (Phi) is 5.65. The minimum Gasteiger partial charge on any atom is -0.481 e. The van der Waals surface area contributed by atoms with Crippen LogP contribution >= 0.6 is 0 Å². The molecule has 0 amide bonds. The van der Waals surface area contributed by atoms with Crippen LogP contribution < -0.4 is 5.69 Å². The van der Waals surface area contributed by atoms with Gasteiger partial charge in [-0.2, -0.15) is 5.26 Å². The summed E-state index contributed by atoms with van der Waals surface area (Å²) in [4.78, 5) is 33.5. The smallest absolute Gasteiger partial charge is 0.331 e. The van der Waals surface area contributed by atoms with Crippen molar-refractivity contribution in [2.45, 2.75) is 32.4 Å². The van der Waals surface area contributed by atoms with E-state index in [2.05, 4.69) is 9.97 Å². The molecule has 0 saturated carbocycles. The SMILES string of the molecule is Cc1cccc2[nH]cc(C(C)n3c(=O)n(C(CC(=O)O)c4ccc(F)cc4)c4nc(C#N)ccc43)c12. The number of hydrogen-bond donors (Lipinski definition) is 2. The van der Waals surface area contributed by atoms with Gasteiger partial charge in [0.1, 0.15) is 17.6 Å². The Bertz CT molecular complexity index is 1720.